The number of allylic oxidation sites excluding steroid dienone is 3. The van der Waals surface area contributed by atoms with Gasteiger partial charge in [0, 0.05) is 19.6 Å². The van der Waals surface area contributed by atoms with Gasteiger partial charge in [-0.05, 0) is 31.9 Å². The van der Waals surface area contributed by atoms with Crippen LogP contribution < -0.4 is 11.1 Å². The maximum Gasteiger partial charge on any atom is 0.0202 e. The average Bonchev–Trinajstić information content (AvgIpc) is 2.16. The van der Waals surface area contributed by atoms with E-state index in [4.69, 9.17) is 5.73 Å². The molecule has 0 spiro atoms. The average molecular weight is 194 g/mol. The van der Waals surface area contributed by atoms with E-state index in [-0.39, 0.29) is 0 Å². The quantitative estimate of drug-likeness (QED) is 0.501. The smallest absolute Gasteiger partial charge is 0.0202 e. The van der Waals surface area contributed by atoms with E-state index in [2.05, 4.69) is 31.0 Å². The van der Waals surface area contributed by atoms with Crippen molar-refractivity contribution < 1.29 is 0 Å². The Labute approximate surface area is 87.6 Å². The summed E-state index contributed by atoms with van der Waals surface area (Å²) in [6.07, 6.45) is 4.27. The molecule has 2 heteroatoms. The second kappa shape index (κ2) is 7.54. The minimum atomic E-state index is 0.681. The molecule has 0 saturated heterocycles. The molecular formula is C12H22N2. The third-order valence-electron chi connectivity index (χ3n) is 2.10. The molecule has 3 N–H and O–H groups in total. The number of hydrogen-bond acceptors (Lipinski definition) is 2. The Kier molecular flexibility index (Phi) is 7.07. The van der Waals surface area contributed by atoms with E-state index in [9.17, 15) is 0 Å². The molecular weight excluding hydrogens is 172 g/mol. The van der Waals surface area contributed by atoms with Gasteiger partial charge in [-0.25, -0.2) is 0 Å². The van der Waals surface area contributed by atoms with E-state index in [0.717, 1.165) is 18.7 Å². The van der Waals surface area contributed by atoms with Gasteiger partial charge in [0.15, 0.2) is 0 Å². The lowest BCUT2D eigenvalue weighted by Crippen LogP contribution is -2.24. The highest BCUT2D eigenvalue weighted by Gasteiger charge is 1.94. The van der Waals surface area contributed by atoms with Gasteiger partial charge in [0.05, 0.1) is 0 Å². The summed E-state index contributed by atoms with van der Waals surface area (Å²) < 4.78 is 0. The fraction of sp³-hybridized carbons (Fsp3) is 0.500. The summed E-state index contributed by atoms with van der Waals surface area (Å²) >= 11 is 0. The Morgan fingerprint density at radius 3 is 2.50 bits per heavy atom. The highest BCUT2D eigenvalue weighted by molar-refractivity contribution is 5.33. The Morgan fingerprint density at radius 1 is 1.43 bits per heavy atom. The van der Waals surface area contributed by atoms with Gasteiger partial charge in [0.1, 0.15) is 0 Å². The van der Waals surface area contributed by atoms with Crippen LogP contribution in [0.5, 0.6) is 0 Å². The molecule has 0 unspecified atom stereocenters. The molecule has 0 aromatic rings. The first-order chi connectivity index (χ1) is 6.61. The van der Waals surface area contributed by atoms with Gasteiger partial charge in [0.2, 0.25) is 0 Å². The van der Waals surface area contributed by atoms with Crippen LogP contribution in [0.3, 0.4) is 0 Å². The minimum Gasteiger partial charge on any atom is -0.329 e. The van der Waals surface area contributed by atoms with E-state index >= 15 is 0 Å². The molecule has 14 heavy (non-hydrogen) atoms. The molecule has 0 rings (SSSR count). The molecule has 0 aliphatic carbocycles. The summed E-state index contributed by atoms with van der Waals surface area (Å²) in [4.78, 5) is 0. The summed E-state index contributed by atoms with van der Waals surface area (Å²) in [7, 11) is 0. The molecule has 0 fully saturated rings. The highest BCUT2D eigenvalue weighted by atomic mass is 14.9. The van der Waals surface area contributed by atoms with Crippen molar-refractivity contribution in [2.24, 2.45) is 5.73 Å². The van der Waals surface area contributed by atoms with Gasteiger partial charge in [-0.3, -0.25) is 0 Å². The molecule has 0 aliphatic rings. The van der Waals surface area contributed by atoms with E-state index in [1.54, 1.807) is 0 Å². The zero-order valence-electron chi connectivity index (χ0n) is 9.56. The van der Waals surface area contributed by atoms with Crippen LogP contribution in [0.25, 0.3) is 0 Å². The normalized spacial score (nSPS) is 13.1. The first-order valence-electron chi connectivity index (χ1n) is 5.02. The van der Waals surface area contributed by atoms with Gasteiger partial charge < -0.3 is 11.1 Å². The molecule has 0 saturated carbocycles. The predicted molar refractivity (Wildman–Crippen MR) is 64.3 cm³/mol. The minimum absolute atomic E-state index is 0.681. The van der Waals surface area contributed by atoms with Crippen LogP contribution in [0.2, 0.25) is 0 Å². The summed E-state index contributed by atoms with van der Waals surface area (Å²) in [5, 5.41) is 3.26. The molecule has 0 aliphatic heterocycles. The Balaban J connectivity index is 4.17. The van der Waals surface area contributed by atoms with E-state index in [1.165, 1.54) is 11.1 Å². The maximum atomic E-state index is 5.39. The summed E-state index contributed by atoms with van der Waals surface area (Å²) in [5.74, 6) is 0. The van der Waals surface area contributed by atoms with Crippen LogP contribution in [0.1, 0.15) is 20.8 Å². The highest BCUT2D eigenvalue weighted by Crippen LogP contribution is 2.08. The maximum absolute atomic E-state index is 5.39. The number of nitrogens with one attached hydrogen (secondary N) is 1. The van der Waals surface area contributed by atoms with E-state index in [0.29, 0.717) is 6.54 Å². The largest absolute Gasteiger partial charge is 0.329 e. The molecule has 0 radical (unpaired) electrons. The first-order valence-corrected chi connectivity index (χ1v) is 5.02. The molecule has 0 atom stereocenters. The van der Waals surface area contributed by atoms with Gasteiger partial charge in [-0.2, -0.15) is 0 Å². The SMILES string of the molecule is C=C(C)/C(C)=C\C(=C/C)CNCCN. The van der Waals surface area contributed by atoms with Crippen LogP contribution in [-0.4, -0.2) is 19.6 Å². The molecule has 0 heterocycles. The molecule has 0 amide bonds. The van der Waals surface area contributed by atoms with Crippen molar-refractivity contribution in [2.45, 2.75) is 20.8 Å². The lowest BCUT2D eigenvalue weighted by atomic mass is 10.1. The summed E-state index contributed by atoms with van der Waals surface area (Å²) in [5.41, 5.74) is 9.01. The van der Waals surface area contributed by atoms with Gasteiger partial charge in [0.25, 0.3) is 0 Å². The molecule has 0 aromatic carbocycles. The summed E-state index contributed by atoms with van der Waals surface area (Å²) in [6.45, 7) is 12.5. The first kappa shape index (κ1) is 13.1. The van der Waals surface area contributed by atoms with Crippen molar-refractivity contribution in [2.75, 3.05) is 19.6 Å². The monoisotopic (exact) mass is 194 g/mol. The van der Waals surface area contributed by atoms with Crippen molar-refractivity contribution >= 4 is 0 Å². The van der Waals surface area contributed by atoms with Crippen LogP contribution in [0.15, 0.2) is 35.5 Å². The third-order valence-corrected chi connectivity index (χ3v) is 2.10. The summed E-state index contributed by atoms with van der Waals surface area (Å²) in [6, 6.07) is 0. The second-order valence-corrected chi connectivity index (χ2v) is 3.44. The Morgan fingerprint density at radius 2 is 2.07 bits per heavy atom. The van der Waals surface area contributed by atoms with Gasteiger partial charge >= 0.3 is 0 Å². The number of rotatable bonds is 6. The van der Waals surface area contributed by atoms with Crippen molar-refractivity contribution in [1.29, 1.82) is 0 Å². The van der Waals surface area contributed by atoms with Crippen LogP contribution >= 0.6 is 0 Å². The number of hydrogen-bond donors (Lipinski definition) is 2. The molecule has 0 aromatic heterocycles. The molecule has 2 nitrogen and oxygen atoms in total. The molecule has 0 bridgehead atoms. The molecule has 80 valence electrons. The van der Waals surface area contributed by atoms with Gasteiger partial charge in [-0.1, -0.05) is 24.3 Å². The van der Waals surface area contributed by atoms with Crippen LogP contribution in [0.4, 0.5) is 0 Å². The standard InChI is InChI=1S/C12H22N2/c1-5-12(9-14-7-6-13)8-11(4)10(2)3/h5,8,14H,2,6-7,9,13H2,1,3-4H3/b11-8-,12-5+. The lowest BCUT2D eigenvalue weighted by Gasteiger charge is -2.05. The zero-order chi connectivity index (χ0) is 11.0. The fourth-order valence-corrected chi connectivity index (χ4v) is 0.973. The van der Waals surface area contributed by atoms with E-state index in [1.807, 2.05) is 13.8 Å². The van der Waals surface area contributed by atoms with Gasteiger partial charge in [-0.15, -0.1) is 0 Å². The lowest BCUT2D eigenvalue weighted by molar-refractivity contribution is 0.742. The fourth-order valence-electron chi connectivity index (χ4n) is 0.973. The van der Waals surface area contributed by atoms with Crippen molar-refractivity contribution in [3.63, 3.8) is 0 Å². The second-order valence-electron chi connectivity index (χ2n) is 3.44. The van der Waals surface area contributed by atoms with Crippen molar-refractivity contribution in [3.8, 4) is 0 Å². The predicted octanol–water partition coefficient (Wildman–Crippen LogP) is 2.00. The Hall–Kier alpha value is -0.860. The van der Waals surface area contributed by atoms with Crippen LogP contribution in [0, 0.1) is 0 Å². The van der Waals surface area contributed by atoms with Crippen molar-refractivity contribution in [1.82, 2.24) is 5.32 Å². The van der Waals surface area contributed by atoms with E-state index < -0.39 is 0 Å². The topological polar surface area (TPSA) is 38.0 Å². The zero-order valence-corrected chi connectivity index (χ0v) is 9.56. The third kappa shape index (κ3) is 5.73. The number of nitrogens with two attached hydrogens (primary N) is 1. The van der Waals surface area contributed by atoms with Crippen molar-refractivity contribution in [3.05, 3.63) is 35.5 Å². The van der Waals surface area contributed by atoms with Crippen LogP contribution in [-0.2, 0) is 0 Å². The Bertz CT molecular complexity index is 237.